The van der Waals surface area contributed by atoms with Crippen LogP contribution in [-0.2, 0) is 9.47 Å². The number of hydrogen-bond donors (Lipinski definition) is 6. The maximum atomic E-state index is 13.9. The first-order valence-electron chi connectivity index (χ1n) is 14.6. The van der Waals surface area contributed by atoms with Crippen LogP contribution in [0.5, 0.6) is 11.5 Å². The molecule has 3 aromatic rings. The van der Waals surface area contributed by atoms with Crippen LogP contribution >= 0.6 is 0 Å². The fourth-order valence-electron chi connectivity index (χ4n) is 6.11. The predicted molar refractivity (Wildman–Crippen MR) is 157 cm³/mol. The van der Waals surface area contributed by atoms with E-state index < -0.39 is 52.6 Å². The highest BCUT2D eigenvalue weighted by atomic mass is 16.5. The molecule has 12 nitrogen and oxygen atoms in total. The summed E-state index contributed by atoms with van der Waals surface area (Å²) in [5.74, 6) is -4.41. The van der Waals surface area contributed by atoms with Gasteiger partial charge >= 0.3 is 11.9 Å². The van der Waals surface area contributed by atoms with Crippen molar-refractivity contribution < 1.29 is 29.3 Å². The van der Waals surface area contributed by atoms with Crippen LogP contribution in [0.3, 0.4) is 0 Å². The zero-order valence-electron chi connectivity index (χ0n) is 24.1. The number of rotatable bonds is 9. The zero-order valence-corrected chi connectivity index (χ0v) is 24.1. The summed E-state index contributed by atoms with van der Waals surface area (Å²) in [4.78, 5) is 59.7. The standard InChI is InChI=1S/C31H36N4O8/c1-3-42-30(40)22-24(17-12-8-14-32-17)34-28(38)20(26(22)36)19(16-10-6-5-7-11-16)21-27(37)23(31(41)43-4-2)25(35-29(21)39)18-13-9-15-33-18/h5-7,10-11,17-19,32-33H,3-4,8-9,12-15H2,1-2H3,(H2,34,36,38)(H2,35,37,39). The van der Waals surface area contributed by atoms with Gasteiger partial charge in [-0.3, -0.25) is 9.59 Å². The van der Waals surface area contributed by atoms with Crippen LogP contribution < -0.4 is 21.8 Å². The van der Waals surface area contributed by atoms with E-state index in [2.05, 4.69) is 20.6 Å². The van der Waals surface area contributed by atoms with Gasteiger partial charge in [-0.25, -0.2) is 9.59 Å². The van der Waals surface area contributed by atoms with Crippen LogP contribution in [-0.4, -0.2) is 58.4 Å². The summed E-state index contributed by atoms with van der Waals surface area (Å²) in [7, 11) is 0. The quantitative estimate of drug-likeness (QED) is 0.202. The Balaban J connectivity index is 1.82. The summed E-state index contributed by atoms with van der Waals surface area (Å²) in [5, 5.41) is 29.9. The molecule has 0 aliphatic carbocycles. The molecule has 2 aliphatic heterocycles. The lowest BCUT2D eigenvalue weighted by Gasteiger charge is -2.24. The molecular formula is C31H36N4O8. The molecule has 43 heavy (non-hydrogen) atoms. The third kappa shape index (κ3) is 5.67. The van der Waals surface area contributed by atoms with Gasteiger partial charge < -0.3 is 40.3 Å². The average molecular weight is 593 g/mol. The second-order valence-electron chi connectivity index (χ2n) is 10.6. The Bertz CT molecular complexity index is 1520. The molecule has 4 heterocycles. The number of carbonyl (C=O) groups is 2. The Kier molecular flexibility index (Phi) is 8.97. The average Bonchev–Trinajstić information content (AvgIpc) is 3.72. The first-order valence-corrected chi connectivity index (χ1v) is 14.6. The van der Waals surface area contributed by atoms with Crippen LogP contribution in [0, 0.1) is 0 Å². The van der Waals surface area contributed by atoms with Crippen LogP contribution in [0.25, 0.3) is 0 Å². The van der Waals surface area contributed by atoms with Gasteiger partial charge in [0.15, 0.2) is 0 Å². The Morgan fingerprint density at radius 1 is 0.791 bits per heavy atom. The van der Waals surface area contributed by atoms with Gasteiger partial charge in [0.1, 0.15) is 22.6 Å². The van der Waals surface area contributed by atoms with Crippen molar-refractivity contribution in [3.8, 4) is 11.5 Å². The smallest absolute Gasteiger partial charge is 0.343 e. The van der Waals surface area contributed by atoms with Crippen LogP contribution in [0.2, 0.25) is 0 Å². The van der Waals surface area contributed by atoms with E-state index in [0.717, 1.165) is 12.8 Å². The van der Waals surface area contributed by atoms with Crippen LogP contribution in [0.1, 0.15) is 106 Å². The Morgan fingerprint density at radius 2 is 1.23 bits per heavy atom. The predicted octanol–water partition coefficient (Wildman–Crippen LogP) is 2.86. The number of aromatic hydroxyl groups is 2. The van der Waals surface area contributed by atoms with Crippen LogP contribution in [0.15, 0.2) is 39.9 Å². The number of benzene rings is 1. The fraction of sp³-hybridized carbons (Fsp3) is 0.419. The molecule has 0 saturated carbocycles. The number of carbonyl (C=O) groups excluding carboxylic acids is 2. The monoisotopic (exact) mass is 592 g/mol. The highest BCUT2D eigenvalue weighted by Gasteiger charge is 2.38. The second-order valence-corrected chi connectivity index (χ2v) is 10.6. The first-order chi connectivity index (χ1) is 20.8. The minimum atomic E-state index is -1.38. The molecule has 2 aromatic heterocycles. The van der Waals surface area contributed by atoms with Gasteiger partial charge in [0.25, 0.3) is 11.1 Å². The molecule has 6 N–H and O–H groups in total. The molecule has 2 fully saturated rings. The summed E-state index contributed by atoms with van der Waals surface area (Å²) in [6.45, 7) is 4.60. The van der Waals surface area contributed by atoms with E-state index in [1.807, 2.05) is 0 Å². The van der Waals surface area contributed by atoms with Crippen molar-refractivity contribution in [3.05, 3.63) is 90.2 Å². The van der Waals surface area contributed by atoms with Crippen molar-refractivity contribution in [3.63, 3.8) is 0 Å². The lowest BCUT2D eigenvalue weighted by atomic mass is 9.83. The number of ether oxygens (including phenoxy) is 2. The number of aromatic nitrogens is 2. The largest absolute Gasteiger partial charge is 0.506 e. The topological polar surface area (TPSA) is 183 Å². The lowest BCUT2D eigenvalue weighted by Crippen LogP contribution is -2.31. The molecule has 0 amide bonds. The van der Waals surface area contributed by atoms with Gasteiger partial charge in [-0.2, -0.15) is 0 Å². The third-order valence-corrected chi connectivity index (χ3v) is 8.00. The Labute approximate surface area is 247 Å². The molecule has 0 radical (unpaired) electrons. The minimum absolute atomic E-state index is 0.0202. The Hall–Kier alpha value is -4.42. The summed E-state index contributed by atoms with van der Waals surface area (Å²) in [5.41, 5.74) is -1.97. The van der Waals surface area contributed by atoms with Gasteiger partial charge in [-0.1, -0.05) is 30.3 Å². The molecule has 0 bridgehead atoms. The number of esters is 2. The fourth-order valence-corrected chi connectivity index (χ4v) is 6.11. The molecule has 0 spiro atoms. The molecule has 2 atom stereocenters. The maximum Gasteiger partial charge on any atom is 0.343 e. The maximum absolute atomic E-state index is 13.9. The van der Waals surface area contributed by atoms with E-state index in [1.165, 1.54) is 0 Å². The van der Waals surface area contributed by atoms with Crippen molar-refractivity contribution in [2.75, 3.05) is 26.3 Å². The van der Waals surface area contributed by atoms with Gasteiger partial charge in [0.05, 0.1) is 41.6 Å². The van der Waals surface area contributed by atoms with Gasteiger partial charge in [0.2, 0.25) is 0 Å². The summed E-state index contributed by atoms with van der Waals surface area (Å²) in [6, 6.07) is 7.49. The number of aromatic amines is 2. The minimum Gasteiger partial charge on any atom is -0.506 e. The third-order valence-electron chi connectivity index (χ3n) is 8.00. The zero-order chi connectivity index (χ0) is 30.7. The molecule has 5 rings (SSSR count). The van der Waals surface area contributed by atoms with Crippen molar-refractivity contribution in [1.29, 1.82) is 0 Å². The first kappa shape index (κ1) is 30.1. The molecule has 2 saturated heterocycles. The van der Waals surface area contributed by atoms with E-state index in [4.69, 9.17) is 9.47 Å². The van der Waals surface area contributed by atoms with E-state index in [9.17, 15) is 29.4 Å². The highest BCUT2D eigenvalue weighted by Crippen LogP contribution is 2.42. The van der Waals surface area contributed by atoms with Gasteiger partial charge in [-0.15, -0.1) is 0 Å². The highest BCUT2D eigenvalue weighted by molar-refractivity contribution is 5.95. The molecule has 12 heteroatoms. The molecule has 2 unspecified atom stereocenters. The number of nitrogens with one attached hydrogen (secondary N) is 4. The number of H-pyrrole nitrogens is 2. The van der Waals surface area contributed by atoms with Crippen molar-refractivity contribution >= 4 is 11.9 Å². The summed E-state index contributed by atoms with van der Waals surface area (Å²) >= 11 is 0. The number of pyridine rings is 2. The summed E-state index contributed by atoms with van der Waals surface area (Å²) < 4.78 is 10.5. The van der Waals surface area contributed by atoms with Gasteiger partial charge in [0, 0.05) is 12.1 Å². The molecular weight excluding hydrogens is 556 g/mol. The van der Waals surface area contributed by atoms with E-state index in [1.54, 1.807) is 44.2 Å². The summed E-state index contributed by atoms with van der Waals surface area (Å²) in [6.07, 6.45) is 2.82. The van der Waals surface area contributed by atoms with Crippen molar-refractivity contribution in [2.24, 2.45) is 0 Å². The Morgan fingerprint density at radius 3 is 1.60 bits per heavy atom. The molecule has 228 valence electrons. The lowest BCUT2D eigenvalue weighted by molar-refractivity contribution is 0.0510. The van der Waals surface area contributed by atoms with E-state index >= 15 is 0 Å². The second kappa shape index (κ2) is 12.8. The van der Waals surface area contributed by atoms with Gasteiger partial charge in [-0.05, 0) is 58.2 Å². The van der Waals surface area contributed by atoms with Crippen molar-refractivity contribution in [1.82, 2.24) is 20.6 Å². The van der Waals surface area contributed by atoms with E-state index in [0.29, 0.717) is 31.5 Å². The van der Waals surface area contributed by atoms with E-state index in [-0.39, 0.29) is 46.9 Å². The van der Waals surface area contributed by atoms with Crippen LogP contribution in [0.4, 0.5) is 0 Å². The molecule has 2 aliphatic rings. The normalized spacial score (nSPS) is 18.8. The number of hydrogen-bond acceptors (Lipinski definition) is 10. The SMILES string of the molecule is CCOC(=O)c1c(C2CCCN2)[nH]c(=O)c(C(c2ccccc2)c2c(O)c(C(=O)OCC)c(C3CCCN3)[nH]c2=O)c1O. The van der Waals surface area contributed by atoms with Crippen molar-refractivity contribution in [2.45, 2.75) is 57.5 Å². The molecule has 1 aromatic carbocycles.